The number of hydrogen-bond acceptors (Lipinski definition) is 4. The minimum Gasteiger partial charge on any atom is -0.507 e. The summed E-state index contributed by atoms with van der Waals surface area (Å²) >= 11 is 0. The van der Waals surface area contributed by atoms with Crippen molar-refractivity contribution in [1.29, 1.82) is 0 Å². The van der Waals surface area contributed by atoms with Gasteiger partial charge in [-0.3, -0.25) is 4.79 Å². The molecule has 0 spiro atoms. The molecule has 0 aliphatic carbocycles. The summed E-state index contributed by atoms with van der Waals surface area (Å²) in [4.78, 5) is 24.6. The van der Waals surface area contributed by atoms with Crippen molar-refractivity contribution in [2.45, 2.75) is 52.4 Å². The molecule has 5 heteroatoms. The Labute approximate surface area is 159 Å². The SMILES string of the molecule is CCCCc1cc(C(=O)c2ccccc2C(=O)O)c(O)c(CCCC)c1N. The lowest BCUT2D eigenvalue weighted by Gasteiger charge is -2.17. The number of phenolic OH excluding ortho intramolecular Hbond substituents is 1. The first-order valence-electron chi connectivity index (χ1n) is 9.42. The van der Waals surface area contributed by atoms with Crippen molar-refractivity contribution in [2.24, 2.45) is 0 Å². The Balaban J connectivity index is 2.61. The summed E-state index contributed by atoms with van der Waals surface area (Å²) in [5, 5.41) is 20.1. The van der Waals surface area contributed by atoms with Crippen molar-refractivity contribution in [3.05, 3.63) is 58.1 Å². The number of aromatic hydroxyl groups is 1. The standard InChI is InChI=1S/C22H27NO4/c1-3-5-9-14-13-18(21(25)17(19(14)23)10-6-4-2)20(24)15-11-7-8-12-16(15)22(26)27/h7-8,11-13,25H,3-6,9-10,23H2,1-2H3,(H,26,27). The predicted molar refractivity (Wildman–Crippen MR) is 107 cm³/mol. The third-order valence-corrected chi connectivity index (χ3v) is 4.76. The third kappa shape index (κ3) is 4.48. The summed E-state index contributed by atoms with van der Waals surface area (Å²) < 4.78 is 0. The van der Waals surface area contributed by atoms with E-state index in [0.29, 0.717) is 24.1 Å². The number of nitrogen functional groups attached to an aromatic ring is 1. The van der Waals surface area contributed by atoms with E-state index < -0.39 is 11.8 Å². The molecule has 2 aromatic carbocycles. The number of carboxylic acid groups (broad SMARTS) is 1. The number of rotatable bonds is 9. The van der Waals surface area contributed by atoms with E-state index >= 15 is 0 Å². The number of phenols is 1. The Bertz CT molecular complexity index is 842. The Morgan fingerprint density at radius 2 is 1.56 bits per heavy atom. The van der Waals surface area contributed by atoms with Crippen molar-refractivity contribution in [3.63, 3.8) is 0 Å². The van der Waals surface area contributed by atoms with Crippen molar-refractivity contribution in [2.75, 3.05) is 5.73 Å². The number of carbonyl (C=O) groups excluding carboxylic acids is 1. The molecule has 0 amide bonds. The molecule has 0 aliphatic rings. The maximum absolute atomic E-state index is 13.1. The maximum atomic E-state index is 13.1. The van der Waals surface area contributed by atoms with Gasteiger partial charge >= 0.3 is 5.97 Å². The van der Waals surface area contributed by atoms with Crippen LogP contribution in [0, 0.1) is 0 Å². The van der Waals surface area contributed by atoms with Crippen LogP contribution < -0.4 is 5.73 Å². The lowest BCUT2D eigenvalue weighted by atomic mass is 9.90. The monoisotopic (exact) mass is 369 g/mol. The van der Waals surface area contributed by atoms with Crippen LogP contribution in [0.15, 0.2) is 30.3 Å². The zero-order chi connectivity index (χ0) is 20.0. The number of carboxylic acids is 1. The molecular formula is C22H27NO4. The van der Waals surface area contributed by atoms with Gasteiger partial charge in [0.1, 0.15) is 5.75 Å². The molecular weight excluding hydrogens is 342 g/mol. The van der Waals surface area contributed by atoms with E-state index in [4.69, 9.17) is 5.73 Å². The topological polar surface area (TPSA) is 101 Å². The van der Waals surface area contributed by atoms with Gasteiger partial charge in [-0.05, 0) is 43.4 Å². The second kappa shape index (κ2) is 9.21. The van der Waals surface area contributed by atoms with Crippen LogP contribution in [0.5, 0.6) is 5.75 Å². The van der Waals surface area contributed by atoms with Crippen LogP contribution in [0.3, 0.4) is 0 Å². The van der Waals surface area contributed by atoms with Gasteiger partial charge in [-0.1, -0.05) is 44.9 Å². The molecule has 144 valence electrons. The summed E-state index contributed by atoms with van der Waals surface area (Å²) in [6, 6.07) is 7.67. The van der Waals surface area contributed by atoms with E-state index in [0.717, 1.165) is 31.2 Å². The van der Waals surface area contributed by atoms with Gasteiger partial charge < -0.3 is 15.9 Å². The highest BCUT2D eigenvalue weighted by Gasteiger charge is 2.24. The van der Waals surface area contributed by atoms with Gasteiger partial charge in [0, 0.05) is 16.8 Å². The van der Waals surface area contributed by atoms with Gasteiger partial charge in [-0.2, -0.15) is 0 Å². The number of nitrogens with two attached hydrogens (primary N) is 1. The summed E-state index contributed by atoms with van der Waals surface area (Å²) in [5.74, 6) is -1.81. The van der Waals surface area contributed by atoms with Crippen LogP contribution in [-0.2, 0) is 12.8 Å². The number of carbonyl (C=O) groups is 2. The minimum atomic E-state index is -1.17. The second-order valence-electron chi connectivity index (χ2n) is 6.71. The average molecular weight is 369 g/mol. The van der Waals surface area contributed by atoms with Gasteiger partial charge in [-0.15, -0.1) is 0 Å². The van der Waals surface area contributed by atoms with E-state index in [1.807, 2.05) is 6.92 Å². The fraction of sp³-hybridized carbons (Fsp3) is 0.364. The molecule has 0 heterocycles. The molecule has 0 saturated carbocycles. The first-order chi connectivity index (χ1) is 12.9. The fourth-order valence-corrected chi connectivity index (χ4v) is 3.17. The van der Waals surface area contributed by atoms with E-state index in [1.54, 1.807) is 18.2 Å². The molecule has 0 saturated heterocycles. The highest BCUT2D eigenvalue weighted by Crippen LogP contribution is 2.35. The largest absolute Gasteiger partial charge is 0.507 e. The zero-order valence-electron chi connectivity index (χ0n) is 15.9. The maximum Gasteiger partial charge on any atom is 0.336 e. The third-order valence-electron chi connectivity index (χ3n) is 4.76. The van der Waals surface area contributed by atoms with Crippen LogP contribution in [0.25, 0.3) is 0 Å². The molecule has 27 heavy (non-hydrogen) atoms. The highest BCUT2D eigenvalue weighted by molar-refractivity contribution is 6.16. The molecule has 0 radical (unpaired) electrons. The van der Waals surface area contributed by atoms with Crippen molar-refractivity contribution < 1.29 is 19.8 Å². The van der Waals surface area contributed by atoms with Crippen LogP contribution >= 0.6 is 0 Å². The van der Waals surface area contributed by atoms with Gasteiger partial charge in [0.25, 0.3) is 0 Å². The van der Waals surface area contributed by atoms with Crippen molar-refractivity contribution >= 4 is 17.4 Å². The molecule has 5 nitrogen and oxygen atoms in total. The lowest BCUT2D eigenvalue weighted by Crippen LogP contribution is -2.12. The van der Waals surface area contributed by atoms with Crippen LogP contribution in [0.2, 0.25) is 0 Å². The van der Waals surface area contributed by atoms with Gasteiger partial charge in [0.15, 0.2) is 5.78 Å². The first-order valence-corrected chi connectivity index (χ1v) is 9.42. The summed E-state index contributed by atoms with van der Waals surface area (Å²) in [6.45, 7) is 4.12. The minimum absolute atomic E-state index is 0.0629. The Morgan fingerprint density at radius 3 is 2.15 bits per heavy atom. The molecule has 2 rings (SSSR count). The Morgan fingerprint density at radius 1 is 0.963 bits per heavy atom. The van der Waals surface area contributed by atoms with E-state index in [1.165, 1.54) is 12.1 Å². The molecule has 0 atom stereocenters. The molecule has 0 unspecified atom stereocenters. The fourth-order valence-electron chi connectivity index (χ4n) is 3.17. The molecule has 0 aromatic heterocycles. The normalized spacial score (nSPS) is 10.7. The zero-order valence-corrected chi connectivity index (χ0v) is 15.9. The number of ketones is 1. The predicted octanol–water partition coefficient (Wildman–Crippen LogP) is 4.59. The van der Waals surface area contributed by atoms with E-state index in [9.17, 15) is 19.8 Å². The van der Waals surface area contributed by atoms with E-state index in [-0.39, 0.29) is 22.4 Å². The number of aryl methyl sites for hydroxylation is 1. The molecule has 0 bridgehead atoms. The molecule has 0 fully saturated rings. The first kappa shape index (κ1) is 20.5. The van der Waals surface area contributed by atoms with Gasteiger partial charge in [0.05, 0.1) is 11.1 Å². The summed E-state index contributed by atoms with van der Waals surface area (Å²) in [7, 11) is 0. The number of aromatic carboxylic acids is 1. The number of benzene rings is 2. The number of hydrogen-bond donors (Lipinski definition) is 3. The highest BCUT2D eigenvalue weighted by atomic mass is 16.4. The van der Waals surface area contributed by atoms with Crippen molar-refractivity contribution in [1.82, 2.24) is 0 Å². The quantitative estimate of drug-likeness (QED) is 0.443. The summed E-state index contributed by atoms with van der Waals surface area (Å²) in [6.07, 6.45) is 4.96. The molecule has 0 aliphatic heterocycles. The van der Waals surface area contributed by atoms with Crippen LogP contribution in [0.1, 0.15) is 76.9 Å². The van der Waals surface area contributed by atoms with Crippen molar-refractivity contribution in [3.8, 4) is 5.75 Å². The van der Waals surface area contributed by atoms with E-state index in [2.05, 4.69) is 6.92 Å². The van der Waals surface area contributed by atoms with Gasteiger partial charge in [-0.25, -0.2) is 4.79 Å². The van der Waals surface area contributed by atoms with Gasteiger partial charge in [0.2, 0.25) is 0 Å². The lowest BCUT2D eigenvalue weighted by molar-refractivity contribution is 0.0692. The van der Waals surface area contributed by atoms with Crippen LogP contribution in [-0.4, -0.2) is 22.0 Å². The Kier molecular flexibility index (Phi) is 6.99. The number of unbranched alkanes of at least 4 members (excludes halogenated alkanes) is 2. The Hall–Kier alpha value is -2.82. The molecule has 2 aromatic rings. The smallest absolute Gasteiger partial charge is 0.336 e. The average Bonchev–Trinajstić information content (AvgIpc) is 2.67. The van der Waals surface area contributed by atoms with Crippen LogP contribution in [0.4, 0.5) is 5.69 Å². The number of anilines is 1. The summed E-state index contributed by atoms with van der Waals surface area (Å²) in [5.41, 5.74) is 8.34. The molecule has 4 N–H and O–H groups in total. The second-order valence-corrected chi connectivity index (χ2v) is 6.71.